The van der Waals surface area contributed by atoms with Gasteiger partial charge in [0.25, 0.3) is 0 Å². The molecule has 0 aliphatic carbocycles. The quantitative estimate of drug-likeness (QED) is 0.736. The topological polar surface area (TPSA) is 44.1 Å². The molecule has 0 N–H and O–H groups in total. The third-order valence-corrected chi connectivity index (χ3v) is 2.55. The minimum absolute atomic E-state index is 0.0548. The molecule has 0 bridgehead atoms. The molecule has 1 aromatic carbocycles. The molecule has 4 heteroatoms. The normalized spacial score (nSPS) is 10.1. The molecule has 0 radical (unpaired) electrons. The van der Waals surface area contributed by atoms with E-state index in [9.17, 15) is 9.18 Å². The predicted octanol–water partition coefficient (Wildman–Crippen LogP) is 2.77. The van der Waals surface area contributed by atoms with Gasteiger partial charge < -0.3 is 4.90 Å². The Morgan fingerprint density at radius 2 is 2.24 bits per heavy atom. The van der Waals surface area contributed by atoms with Crippen molar-refractivity contribution in [2.75, 3.05) is 11.4 Å². The van der Waals surface area contributed by atoms with Crippen molar-refractivity contribution in [3.8, 4) is 6.07 Å². The number of anilines is 1. The predicted molar refractivity (Wildman–Crippen MR) is 64.5 cm³/mol. The second-order valence-electron chi connectivity index (χ2n) is 3.99. The lowest BCUT2D eigenvalue weighted by Crippen LogP contribution is -2.32. The standard InChI is InChI=1S/C13H15FN2O/c1-10(2)16(8-4-7-15)13-6-3-5-12(14)11(13)9-17/h3,5-6,9-10H,4,8H2,1-2H3. The molecule has 0 atom stereocenters. The van der Waals surface area contributed by atoms with Crippen LogP contribution in [0.1, 0.15) is 30.6 Å². The molecule has 0 aliphatic rings. The Bertz CT molecular complexity index is 438. The van der Waals surface area contributed by atoms with Gasteiger partial charge >= 0.3 is 0 Å². The van der Waals surface area contributed by atoms with E-state index in [1.165, 1.54) is 6.07 Å². The van der Waals surface area contributed by atoms with Crippen molar-refractivity contribution in [2.24, 2.45) is 0 Å². The summed E-state index contributed by atoms with van der Waals surface area (Å²) in [7, 11) is 0. The highest BCUT2D eigenvalue weighted by Crippen LogP contribution is 2.23. The number of hydrogen-bond acceptors (Lipinski definition) is 3. The molecule has 0 heterocycles. The van der Waals surface area contributed by atoms with E-state index in [4.69, 9.17) is 5.26 Å². The highest BCUT2D eigenvalue weighted by atomic mass is 19.1. The van der Waals surface area contributed by atoms with E-state index in [1.807, 2.05) is 18.7 Å². The summed E-state index contributed by atoms with van der Waals surface area (Å²) in [4.78, 5) is 12.8. The van der Waals surface area contributed by atoms with Gasteiger partial charge in [-0.15, -0.1) is 0 Å². The van der Waals surface area contributed by atoms with Crippen LogP contribution in [0, 0.1) is 17.1 Å². The van der Waals surface area contributed by atoms with Crippen molar-refractivity contribution in [2.45, 2.75) is 26.3 Å². The smallest absolute Gasteiger partial charge is 0.155 e. The highest BCUT2D eigenvalue weighted by molar-refractivity contribution is 5.85. The van der Waals surface area contributed by atoms with Crippen LogP contribution in [0.2, 0.25) is 0 Å². The summed E-state index contributed by atoms with van der Waals surface area (Å²) in [6.07, 6.45) is 0.861. The third-order valence-electron chi connectivity index (χ3n) is 2.55. The van der Waals surface area contributed by atoms with Crippen LogP contribution in [0.3, 0.4) is 0 Å². The number of nitrogens with zero attached hydrogens (tertiary/aromatic N) is 2. The van der Waals surface area contributed by atoms with E-state index in [2.05, 4.69) is 6.07 Å². The van der Waals surface area contributed by atoms with Crippen molar-refractivity contribution in [3.05, 3.63) is 29.6 Å². The maximum Gasteiger partial charge on any atom is 0.155 e. The number of halogens is 1. The number of benzene rings is 1. The second-order valence-corrected chi connectivity index (χ2v) is 3.99. The zero-order valence-electron chi connectivity index (χ0n) is 9.98. The fourth-order valence-corrected chi connectivity index (χ4v) is 1.72. The fourth-order valence-electron chi connectivity index (χ4n) is 1.72. The van der Waals surface area contributed by atoms with Gasteiger partial charge in [0.2, 0.25) is 0 Å². The van der Waals surface area contributed by atoms with Crippen molar-refractivity contribution in [1.82, 2.24) is 0 Å². The SMILES string of the molecule is CC(C)N(CCC#N)c1cccc(F)c1C=O. The minimum atomic E-state index is -0.528. The number of carbonyl (C=O) groups is 1. The van der Waals surface area contributed by atoms with Gasteiger partial charge in [0.1, 0.15) is 5.82 Å². The molecule has 1 rings (SSSR count). The average Bonchev–Trinajstić information content (AvgIpc) is 2.29. The maximum absolute atomic E-state index is 13.5. The molecule has 0 saturated heterocycles. The van der Waals surface area contributed by atoms with Gasteiger partial charge in [-0.05, 0) is 26.0 Å². The second kappa shape index (κ2) is 6.00. The molecular weight excluding hydrogens is 219 g/mol. The first-order valence-electron chi connectivity index (χ1n) is 5.49. The van der Waals surface area contributed by atoms with E-state index < -0.39 is 5.82 Å². The Morgan fingerprint density at radius 3 is 2.76 bits per heavy atom. The summed E-state index contributed by atoms with van der Waals surface area (Å²) in [5.41, 5.74) is 0.601. The molecule has 0 spiro atoms. The largest absolute Gasteiger partial charge is 0.367 e. The number of hydrogen-bond donors (Lipinski definition) is 0. The molecule has 90 valence electrons. The first-order valence-corrected chi connectivity index (χ1v) is 5.49. The van der Waals surface area contributed by atoms with Crippen LogP contribution in [0.4, 0.5) is 10.1 Å². The van der Waals surface area contributed by atoms with E-state index in [-0.39, 0.29) is 11.6 Å². The fraction of sp³-hybridized carbons (Fsp3) is 0.385. The first-order chi connectivity index (χ1) is 8.11. The molecule has 0 aromatic heterocycles. The molecule has 1 aromatic rings. The van der Waals surface area contributed by atoms with Crippen molar-refractivity contribution in [1.29, 1.82) is 5.26 Å². The highest BCUT2D eigenvalue weighted by Gasteiger charge is 2.16. The summed E-state index contributed by atoms with van der Waals surface area (Å²) in [5.74, 6) is -0.528. The zero-order valence-corrected chi connectivity index (χ0v) is 9.98. The van der Waals surface area contributed by atoms with Crippen LogP contribution in [0.5, 0.6) is 0 Å². The van der Waals surface area contributed by atoms with Crippen LogP contribution >= 0.6 is 0 Å². The number of rotatable bonds is 5. The Hall–Kier alpha value is -1.89. The van der Waals surface area contributed by atoms with Gasteiger partial charge in [0.15, 0.2) is 6.29 Å². The first kappa shape index (κ1) is 13.2. The average molecular weight is 234 g/mol. The Morgan fingerprint density at radius 1 is 1.53 bits per heavy atom. The number of aldehydes is 1. The van der Waals surface area contributed by atoms with E-state index in [0.29, 0.717) is 24.9 Å². The van der Waals surface area contributed by atoms with Gasteiger partial charge in [0.05, 0.1) is 23.7 Å². The molecule has 3 nitrogen and oxygen atoms in total. The van der Waals surface area contributed by atoms with Crippen molar-refractivity contribution >= 4 is 12.0 Å². The monoisotopic (exact) mass is 234 g/mol. The summed E-state index contributed by atoms with van der Waals surface area (Å²) in [6, 6.07) is 6.68. The summed E-state index contributed by atoms with van der Waals surface area (Å²) in [5, 5.41) is 8.60. The van der Waals surface area contributed by atoms with Gasteiger partial charge in [0, 0.05) is 12.6 Å². The lowest BCUT2D eigenvalue weighted by molar-refractivity contribution is 0.112. The molecule has 0 saturated carbocycles. The molecule has 0 fully saturated rings. The van der Waals surface area contributed by atoms with Gasteiger partial charge in [-0.2, -0.15) is 5.26 Å². The van der Waals surface area contributed by atoms with E-state index in [0.717, 1.165) is 0 Å². The lowest BCUT2D eigenvalue weighted by Gasteiger charge is -2.29. The number of nitriles is 1. The van der Waals surface area contributed by atoms with Gasteiger partial charge in [-0.1, -0.05) is 6.07 Å². The molecule has 0 unspecified atom stereocenters. The third kappa shape index (κ3) is 3.04. The Balaban J connectivity index is 3.14. The Labute approximate surface area is 100 Å². The minimum Gasteiger partial charge on any atom is -0.367 e. The van der Waals surface area contributed by atoms with Crippen LogP contribution in [0.25, 0.3) is 0 Å². The number of carbonyl (C=O) groups excluding carboxylic acids is 1. The van der Waals surface area contributed by atoms with Crippen molar-refractivity contribution < 1.29 is 9.18 Å². The summed E-state index contributed by atoms with van der Waals surface area (Å²) < 4.78 is 13.5. The summed E-state index contributed by atoms with van der Waals surface area (Å²) >= 11 is 0. The molecule has 0 aliphatic heterocycles. The van der Waals surface area contributed by atoms with E-state index >= 15 is 0 Å². The lowest BCUT2D eigenvalue weighted by atomic mass is 10.1. The maximum atomic E-state index is 13.5. The molecule has 0 amide bonds. The van der Waals surface area contributed by atoms with E-state index in [1.54, 1.807) is 12.1 Å². The van der Waals surface area contributed by atoms with Crippen molar-refractivity contribution in [3.63, 3.8) is 0 Å². The van der Waals surface area contributed by atoms with Gasteiger partial charge in [-0.25, -0.2) is 4.39 Å². The zero-order chi connectivity index (χ0) is 12.8. The summed E-state index contributed by atoms with van der Waals surface area (Å²) in [6.45, 7) is 4.37. The van der Waals surface area contributed by atoms with Crippen LogP contribution < -0.4 is 4.90 Å². The Kier molecular flexibility index (Phi) is 4.65. The van der Waals surface area contributed by atoms with Crippen LogP contribution in [-0.2, 0) is 0 Å². The van der Waals surface area contributed by atoms with Crippen LogP contribution in [-0.4, -0.2) is 18.9 Å². The van der Waals surface area contributed by atoms with Crippen LogP contribution in [0.15, 0.2) is 18.2 Å². The molecular formula is C13H15FN2O. The molecule has 17 heavy (non-hydrogen) atoms. The van der Waals surface area contributed by atoms with Gasteiger partial charge in [-0.3, -0.25) is 4.79 Å².